The van der Waals surface area contributed by atoms with Gasteiger partial charge in [0.05, 0.1) is 13.2 Å². The van der Waals surface area contributed by atoms with Gasteiger partial charge in [-0.1, -0.05) is 220 Å². The van der Waals surface area contributed by atoms with Crippen LogP contribution in [0.3, 0.4) is 0 Å². The number of unbranched alkanes of at least 4 members (excludes halogenated alkanes) is 22. The molecule has 0 spiro atoms. The fourth-order valence-electron chi connectivity index (χ4n) is 9.62. The van der Waals surface area contributed by atoms with Gasteiger partial charge >= 0.3 is 11.9 Å². The first-order chi connectivity index (χ1) is 32.2. The molecule has 7 heteroatoms. The molecule has 1 amide bonds. The van der Waals surface area contributed by atoms with E-state index in [0.717, 1.165) is 103 Å². The summed E-state index contributed by atoms with van der Waals surface area (Å²) in [5, 5.41) is 0. The van der Waals surface area contributed by atoms with Crippen molar-refractivity contribution in [3.05, 3.63) is 12.2 Å². The maximum Gasteiger partial charge on any atom is 0.330 e. The Morgan fingerprint density at radius 2 is 0.833 bits per heavy atom. The van der Waals surface area contributed by atoms with Crippen molar-refractivity contribution in [1.29, 1.82) is 0 Å². The van der Waals surface area contributed by atoms with Gasteiger partial charge in [0.1, 0.15) is 0 Å². The van der Waals surface area contributed by atoms with E-state index in [2.05, 4.69) is 58.5 Å². The molecule has 0 aromatic heterocycles. The van der Waals surface area contributed by atoms with Gasteiger partial charge in [0, 0.05) is 31.5 Å². The first-order valence-corrected chi connectivity index (χ1v) is 29.1. The Balaban J connectivity index is 5.22. The second-order valence-corrected chi connectivity index (χ2v) is 20.6. The Hall–Kier alpha value is -1.89. The number of hydrogen-bond acceptors (Lipinski definition) is 6. The van der Waals surface area contributed by atoms with Gasteiger partial charge in [-0.05, 0) is 96.7 Å². The molecule has 0 saturated carbocycles. The Bertz CT molecular complexity index is 1070. The molecule has 1 unspecified atom stereocenters. The summed E-state index contributed by atoms with van der Waals surface area (Å²) in [5.41, 5.74) is 0. The zero-order chi connectivity index (χ0) is 48.6. The first kappa shape index (κ1) is 64.1. The third-order valence-corrected chi connectivity index (χ3v) is 14.0. The van der Waals surface area contributed by atoms with Gasteiger partial charge in [0.15, 0.2) is 0 Å². The van der Waals surface area contributed by atoms with Crippen molar-refractivity contribution < 1.29 is 23.9 Å². The number of carbonyl (C=O) groups excluding carboxylic acids is 3. The Labute approximate surface area is 411 Å². The molecule has 0 aliphatic carbocycles. The van der Waals surface area contributed by atoms with Crippen molar-refractivity contribution in [2.45, 2.75) is 297 Å². The zero-order valence-corrected chi connectivity index (χ0v) is 45.4. The molecule has 0 rings (SSSR count). The van der Waals surface area contributed by atoms with Crippen LogP contribution in [0.2, 0.25) is 0 Å². The summed E-state index contributed by atoms with van der Waals surface area (Å²) in [6.07, 6.45) is 49.6. The van der Waals surface area contributed by atoms with Crippen LogP contribution in [0.25, 0.3) is 0 Å². The summed E-state index contributed by atoms with van der Waals surface area (Å²) in [5.74, 6) is 1.45. The van der Waals surface area contributed by atoms with E-state index in [1.807, 2.05) is 6.08 Å². The van der Waals surface area contributed by atoms with E-state index in [9.17, 15) is 14.4 Å². The Kier molecular flexibility index (Phi) is 48.1. The molecule has 0 aromatic rings. The maximum absolute atomic E-state index is 14.0. The minimum absolute atomic E-state index is 0.0317. The third kappa shape index (κ3) is 42.2. The minimum Gasteiger partial charge on any atom is -0.466 e. The molecule has 0 aliphatic heterocycles. The predicted molar refractivity (Wildman–Crippen MR) is 285 cm³/mol. The number of hydrogen-bond donors (Lipinski definition) is 0. The standard InChI is InChI=1S/C59H114N2O5/c1-8-13-18-19-20-21-23-32-43-56(44-33-25-26-35-47-59(64)66-53-49-55(41-30-16-11-4)42-31-17-12-5)61(57(62)45-36-38-50-60(6)7)51-37-27-22-24-34-46-58(63)65-52-48-54(39-28-14-9-2)40-29-15-10-3/h35,47,54-56H,8-34,36-46,48-53H2,1-7H3. The van der Waals surface area contributed by atoms with Crippen LogP contribution in [0, 0.1) is 11.8 Å². The van der Waals surface area contributed by atoms with Crippen molar-refractivity contribution in [1.82, 2.24) is 9.80 Å². The Morgan fingerprint density at radius 3 is 1.36 bits per heavy atom. The lowest BCUT2D eigenvalue weighted by molar-refractivity contribution is -0.144. The van der Waals surface area contributed by atoms with Crippen LogP contribution in [0.1, 0.15) is 291 Å². The summed E-state index contributed by atoms with van der Waals surface area (Å²) in [6, 6.07) is 0.274. The first-order valence-electron chi connectivity index (χ1n) is 29.1. The molecule has 7 nitrogen and oxygen atoms in total. The van der Waals surface area contributed by atoms with Crippen LogP contribution < -0.4 is 0 Å². The highest BCUT2D eigenvalue weighted by atomic mass is 16.5. The molecular formula is C59H114N2O5. The monoisotopic (exact) mass is 931 g/mol. The number of carbonyl (C=O) groups is 3. The van der Waals surface area contributed by atoms with E-state index in [0.29, 0.717) is 43.8 Å². The molecule has 0 N–H and O–H groups in total. The van der Waals surface area contributed by atoms with Crippen LogP contribution in [0.15, 0.2) is 12.2 Å². The predicted octanol–water partition coefficient (Wildman–Crippen LogP) is 17.3. The van der Waals surface area contributed by atoms with Gasteiger partial charge < -0.3 is 19.3 Å². The number of rotatable bonds is 51. The second kappa shape index (κ2) is 49.5. The summed E-state index contributed by atoms with van der Waals surface area (Å²) >= 11 is 0. The molecule has 0 saturated heterocycles. The van der Waals surface area contributed by atoms with Gasteiger partial charge in [-0.2, -0.15) is 0 Å². The van der Waals surface area contributed by atoms with E-state index in [1.165, 1.54) is 154 Å². The SMILES string of the molecule is CCCCCCCCCCC(CCCCC=CC(=O)OCCC(CCCCC)CCCCC)N(CCCCCCCC(=O)OCCC(CCCCC)CCCCC)C(=O)CCCCN(C)C. The second-order valence-electron chi connectivity index (χ2n) is 20.6. The molecule has 0 fully saturated rings. The lowest BCUT2D eigenvalue weighted by Crippen LogP contribution is -2.41. The molecule has 1 atom stereocenters. The molecule has 0 aliphatic rings. The van der Waals surface area contributed by atoms with Crippen molar-refractivity contribution in [2.75, 3.05) is 40.4 Å². The summed E-state index contributed by atoms with van der Waals surface area (Å²) in [4.78, 5) is 43.8. The minimum atomic E-state index is -0.205. The van der Waals surface area contributed by atoms with Crippen molar-refractivity contribution in [2.24, 2.45) is 11.8 Å². The van der Waals surface area contributed by atoms with Crippen LogP contribution in [0.5, 0.6) is 0 Å². The van der Waals surface area contributed by atoms with E-state index in [1.54, 1.807) is 6.08 Å². The van der Waals surface area contributed by atoms with Crippen LogP contribution in [-0.4, -0.2) is 74.1 Å². The fourth-order valence-corrected chi connectivity index (χ4v) is 9.62. The number of allylic oxidation sites excluding steroid dienone is 1. The van der Waals surface area contributed by atoms with Crippen LogP contribution in [-0.2, 0) is 23.9 Å². The average molecular weight is 932 g/mol. The third-order valence-electron chi connectivity index (χ3n) is 14.0. The quantitative estimate of drug-likeness (QED) is 0.0344. The highest BCUT2D eigenvalue weighted by Crippen LogP contribution is 2.24. The summed E-state index contributed by atoms with van der Waals surface area (Å²) in [7, 11) is 4.22. The van der Waals surface area contributed by atoms with Gasteiger partial charge in [-0.3, -0.25) is 9.59 Å². The average Bonchev–Trinajstić information content (AvgIpc) is 3.30. The van der Waals surface area contributed by atoms with E-state index in [-0.39, 0.29) is 18.0 Å². The van der Waals surface area contributed by atoms with E-state index < -0.39 is 0 Å². The molecule has 66 heavy (non-hydrogen) atoms. The number of amides is 1. The van der Waals surface area contributed by atoms with Crippen molar-refractivity contribution in [3.8, 4) is 0 Å². The van der Waals surface area contributed by atoms with E-state index >= 15 is 0 Å². The number of ether oxygens (including phenoxy) is 2. The van der Waals surface area contributed by atoms with Crippen LogP contribution in [0.4, 0.5) is 0 Å². The normalized spacial score (nSPS) is 12.3. The summed E-state index contributed by atoms with van der Waals surface area (Å²) in [6.45, 7) is 14.3. The van der Waals surface area contributed by atoms with Crippen molar-refractivity contribution >= 4 is 17.8 Å². The van der Waals surface area contributed by atoms with Gasteiger partial charge in [-0.15, -0.1) is 0 Å². The summed E-state index contributed by atoms with van der Waals surface area (Å²) < 4.78 is 11.4. The van der Waals surface area contributed by atoms with Gasteiger partial charge in [0.2, 0.25) is 5.91 Å². The number of nitrogens with zero attached hydrogens (tertiary/aromatic N) is 2. The smallest absolute Gasteiger partial charge is 0.330 e. The fraction of sp³-hybridized carbons (Fsp3) is 0.915. The van der Waals surface area contributed by atoms with Gasteiger partial charge in [-0.25, -0.2) is 4.79 Å². The maximum atomic E-state index is 14.0. The van der Waals surface area contributed by atoms with Gasteiger partial charge in [0.25, 0.3) is 0 Å². The number of esters is 2. The van der Waals surface area contributed by atoms with E-state index in [4.69, 9.17) is 9.47 Å². The Morgan fingerprint density at radius 1 is 0.424 bits per heavy atom. The molecule has 390 valence electrons. The molecule has 0 bridgehead atoms. The van der Waals surface area contributed by atoms with Crippen molar-refractivity contribution in [3.63, 3.8) is 0 Å². The highest BCUT2D eigenvalue weighted by Gasteiger charge is 2.23. The highest BCUT2D eigenvalue weighted by molar-refractivity contribution is 5.81. The topological polar surface area (TPSA) is 76.1 Å². The lowest BCUT2D eigenvalue weighted by atomic mass is 9.92. The van der Waals surface area contributed by atoms with Crippen LogP contribution >= 0.6 is 0 Å². The molecule has 0 heterocycles. The zero-order valence-electron chi connectivity index (χ0n) is 45.4. The molecular weight excluding hydrogens is 817 g/mol. The largest absolute Gasteiger partial charge is 0.466 e. The molecule has 0 radical (unpaired) electrons. The lowest BCUT2D eigenvalue weighted by Gasteiger charge is -2.33. The molecule has 0 aromatic carbocycles.